The fourth-order valence-corrected chi connectivity index (χ4v) is 3.91. The van der Waals surface area contributed by atoms with Gasteiger partial charge in [0, 0.05) is 63.5 Å². The molecule has 1 N–H and O–H groups in total. The predicted molar refractivity (Wildman–Crippen MR) is 129 cm³/mol. The Bertz CT molecular complexity index is 894. The van der Waals surface area contributed by atoms with Crippen LogP contribution in [0.3, 0.4) is 0 Å². The van der Waals surface area contributed by atoms with Crippen molar-refractivity contribution >= 4 is 23.2 Å². The van der Waals surface area contributed by atoms with Crippen LogP contribution in [-0.4, -0.2) is 82.9 Å². The summed E-state index contributed by atoms with van der Waals surface area (Å²) in [5.74, 6) is 2.16. The molecule has 0 bridgehead atoms. The molecule has 2 aromatic carbocycles. The van der Waals surface area contributed by atoms with E-state index in [1.54, 1.807) is 33.5 Å². The molecule has 0 spiro atoms. The Morgan fingerprint density at radius 1 is 0.909 bits per heavy atom. The lowest BCUT2D eigenvalue weighted by molar-refractivity contribution is -0.116. The Labute approximate surface area is 200 Å². The number of carbonyl (C=O) groups excluding carboxylic acids is 1. The number of rotatable bonds is 11. The highest BCUT2D eigenvalue weighted by atomic mass is 35.5. The SMILES string of the molecule is COc1cc(NC(=O)CCN2CCN(CCOc3ccccc3Cl)CC2)cc(OC)c1OC. The van der Waals surface area contributed by atoms with Gasteiger partial charge in [-0.1, -0.05) is 23.7 Å². The Morgan fingerprint density at radius 2 is 1.52 bits per heavy atom. The summed E-state index contributed by atoms with van der Waals surface area (Å²) in [6, 6.07) is 11.0. The molecule has 3 rings (SSSR count). The minimum atomic E-state index is -0.0557. The Kier molecular flexibility index (Phi) is 9.47. The standard InChI is InChI=1S/C24H32ClN3O5/c1-30-21-16-18(17-22(31-2)24(21)32-3)26-23(29)8-9-27-10-12-28(13-11-27)14-15-33-20-7-5-4-6-19(20)25/h4-7,16-17H,8-15H2,1-3H3,(H,26,29). The quantitative estimate of drug-likeness (QED) is 0.531. The van der Waals surface area contributed by atoms with Crippen LogP contribution in [0.1, 0.15) is 6.42 Å². The van der Waals surface area contributed by atoms with Crippen molar-refractivity contribution in [3.05, 3.63) is 41.4 Å². The van der Waals surface area contributed by atoms with E-state index in [1.165, 1.54) is 0 Å². The number of carbonyl (C=O) groups is 1. The van der Waals surface area contributed by atoms with Crippen LogP contribution in [0.25, 0.3) is 0 Å². The van der Waals surface area contributed by atoms with Crippen molar-refractivity contribution in [1.29, 1.82) is 0 Å². The molecule has 33 heavy (non-hydrogen) atoms. The molecule has 0 unspecified atom stereocenters. The van der Waals surface area contributed by atoms with Gasteiger partial charge in [-0.05, 0) is 12.1 Å². The molecular formula is C24H32ClN3O5. The number of hydrogen-bond acceptors (Lipinski definition) is 7. The number of para-hydroxylation sites is 1. The van der Waals surface area contributed by atoms with Crippen LogP contribution in [0.2, 0.25) is 5.02 Å². The van der Waals surface area contributed by atoms with Gasteiger partial charge in [-0.15, -0.1) is 0 Å². The highest BCUT2D eigenvalue weighted by Gasteiger charge is 2.18. The van der Waals surface area contributed by atoms with E-state index in [0.29, 0.717) is 47.5 Å². The van der Waals surface area contributed by atoms with E-state index in [-0.39, 0.29) is 5.91 Å². The number of piperazine rings is 1. The summed E-state index contributed by atoms with van der Waals surface area (Å²) in [4.78, 5) is 17.2. The van der Waals surface area contributed by atoms with Crippen molar-refractivity contribution in [3.63, 3.8) is 0 Å². The fourth-order valence-electron chi connectivity index (χ4n) is 3.72. The van der Waals surface area contributed by atoms with Crippen LogP contribution in [0, 0.1) is 0 Å². The smallest absolute Gasteiger partial charge is 0.225 e. The molecule has 1 aliphatic rings. The Balaban J connectivity index is 1.38. The number of halogens is 1. The third kappa shape index (κ3) is 7.15. The Morgan fingerprint density at radius 3 is 2.09 bits per heavy atom. The van der Waals surface area contributed by atoms with Gasteiger partial charge in [0.2, 0.25) is 11.7 Å². The molecule has 8 nitrogen and oxygen atoms in total. The van der Waals surface area contributed by atoms with Gasteiger partial charge in [0.15, 0.2) is 11.5 Å². The average Bonchev–Trinajstić information content (AvgIpc) is 2.84. The lowest BCUT2D eigenvalue weighted by Gasteiger charge is -2.34. The molecule has 0 atom stereocenters. The van der Waals surface area contributed by atoms with Crippen LogP contribution < -0.4 is 24.3 Å². The summed E-state index contributed by atoms with van der Waals surface area (Å²) in [5.41, 5.74) is 0.609. The monoisotopic (exact) mass is 477 g/mol. The first kappa shape index (κ1) is 25.0. The van der Waals surface area contributed by atoms with Crippen LogP contribution in [-0.2, 0) is 4.79 Å². The number of benzene rings is 2. The molecule has 0 aliphatic carbocycles. The summed E-state index contributed by atoms with van der Waals surface area (Å²) in [6.07, 6.45) is 0.409. The highest BCUT2D eigenvalue weighted by Crippen LogP contribution is 2.39. The van der Waals surface area contributed by atoms with Gasteiger partial charge in [-0.3, -0.25) is 9.69 Å². The first-order valence-corrected chi connectivity index (χ1v) is 11.3. The zero-order valence-corrected chi connectivity index (χ0v) is 20.2. The maximum Gasteiger partial charge on any atom is 0.225 e. The second kappa shape index (κ2) is 12.5. The van der Waals surface area contributed by atoms with Gasteiger partial charge in [0.05, 0.1) is 26.4 Å². The average molecular weight is 478 g/mol. The fraction of sp³-hybridized carbons (Fsp3) is 0.458. The second-order valence-electron chi connectivity index (χ2n) is 7.67. The first-order chi connectivity index (χ1) is 16.0. The summed E-state index contributed by atoms with van der Waals surface area (Å²) < 4.78 is 21.8. The Hall–Kier alpha value is -2.68. The minimum absolute atomic E-state index is 0.0557. The summed E-state index contributed by atoms with van der Waals surface area (Å²) in [5, 5.41) is 3.55. The van der Waals surface area contributed by atoms with E-state index < -0.39 is 0 Å². The van der Waals surface area contributed by atoms with Gasteiger partial charge in [-0.2, -0.15) is 0 Å². The molecule has 2 aromatic rings. The number of anilines is 1. The molecule has 1 saturated heterocycles. The van der Waals surface area contributed by atoms with Crippen LogP contribution >= 0.6 is 11.6 Å². The predicted octanol–water partition coefficient (Wildman–Crippen LogP) is 3.39. The summed E-state index contributed by atoms with van der Waals surface area (Å²) in [7, 11) is 4.64. The summed E-state index contributed by atoms with van der Waals surface area (Å²) >= 11 is 6.12. The number of amides is 1. The van der Waals surface area contributed by atoms with E-state index in [1.807, 2.05) is 24.3 Å². The minimum Gasteiger partial charge on any atom is -0.493 e. The number of nitrogens with one attached hydrogen (secondary N) is 1. The molecule has 0 saturated carbocycles. The van der Waals surface area contributed by atoms with Gasteiger partial charge in [0.25, 0.3) is 0 Å². The zero-order valence-electron chi connectivity index (χ0n) is 19.4. The molecule has 1 fully saturated rings. The lowest BCUT2D eigenvalue weighted by atomic mass is 10.2. The number of methoxy groups -OCH3 is 3. The van der Waals surface area contributed by atoms with E-state index in [2.05, 4.69) is 15.1 Å². The number of ether oxygens (including phenoxy) is 4. The largest absolute Gasteiger partial charge is 0.493 e. The third-order valence-corrected chi connectivity index (χ3v) is 5.88. The van der Waals surface area contributed by atoms with Crippen molar-refractivity contribution in [2.24, 2.45) is 0 Å². The lowest BCUT2D eigenvalue weighted by Crippen LogP contribution is -2.48. The summed E-state index contributed by atoms with van der Waals surface area (Å²) in [6.45, 7) is 5.88. The molecule has 1 amide bonds. The molecule has 0 aromatic heterocycles. The molecule has 0 radical (unpaired) electrons. The van der Waals surface area contributed by atoms with Crippen LogP contribution in [0.4, 0.5) is 5.69 Å². The second-order valence-corrected chi connectivity index (χ2v) is 8.08. The number of nitrogens with zero attached hydrogens (tertiary/aromatic N) is 2. The van der Waals surface area contributed by atoms with Crippen LogP contribution in [0.15, 0.2) is 36.4 Å². The van der Waals surface area contributed by atoms with Gasteiger partial charge >= 0.3 is 0 Å². The molecule has 1 aliphatic heterocycles. The van der Waals surface area contributed by atoms with Crippen molar-refractivity contribution in [2.75, 3.05) is 72.5 Å². The van der Waals surface area contributed by atoms with Gasteiger partial charge < -0.3 is 29.2 Å². The highest BCUT2D eigenvalue weighted by molar-refractivity contribution is 6.32. The van der Waals surface area contributed by atoms with Crippen molar-refractivity contribution in [1.82, 2.24) is 9.80 Å². The van der Waals surface area contributed by atoms with Crippen molar-refractivity contribution in [3.8, 4) is 23.0 Å². The molecular weight excluding hydrogens is 446 g/mol. The zero-order chi connectivity index (χ0) is 23.6. The van der Waals surface area contributed by atoms with E-state index in [9.17, 15) is 4.79 Å². The topological polar surface area (TPSA) is 72.5 Å². The van der Waals surface area contributed by atoms with Gasteiger partial charge in [-0.25, -0.2) is 0 Å². The maximum absolute atomic E-state index is 12.5. The molecule has 180 valence electrons. The number of hydrogen-bond donors (Lipinski definition) is 1. The van der Waals surface area contributed by atoms with Gasteiger partial charge in [0.1, 0.15) is 12.4 Å². The molecule has 1 heterocycles. The third-order valence-electron chi connectivity index (χ3n) is 5.57. The van der Waals surface area contributed by atoms with E-state index in [4.69, 9.17) is 30.5 Å². The normalized spacial score (nSPS) is 14.5. The van der Waals surface area contributed by atoms with Crippen molar-refractivity contribution < 1.29 is 23.7 Å². The van der Waals surface area contributed by atoms with Crippen molar-refractivity contribution in [2.45, 2.75) is 6.42 Å². The van der Waals surface area contributed by atoms with E-state index in [0.717, 1.165) is 38.5 Å². The van der Waals surface area contributed by atoms with E-state index >= 15 is 0 Å². The molecule has 9 heteroatoms. The van der Waals surface area contributed by atoms with Crippen LogP contribution in [0.5, 0.6) is 23.0 Å². The maximum atomic E-state index is 12.5. The first-order valence-electron chi connectivity index (χ1n) is 11.0.